The molecular weight excluding hydrogens is 233 g/mol. The Hall–Kier alpha value is -1.13. The van der Waals surface area contributed by atoms with Crippen molar-refractivity contribution in [2.75, 3.05) is 6.61 Å². The van der Waals surface area contributed by atoms with Gasteiger partial charge in [0, 0.05) is 6.42 Å². The molecule has 0 aliphatic carbocycles. The van der Waals surface area contributed by atoms with Crippen LogP contribution in [0.5, 0.6) is 0 Å². The number of hydrogen-bond donors (Lipinski definition) is 1. The summed E-state index contributed by atoms with van der Waals surface area (Å²) in [7, 11) is 0. The SMILES string of the molecule is CCOC(=O)C(Cc1ccccc1)NF.Cl. The normalized spacial score (nSPS) is 11.4. The van der Waals surface area contributed by atoms with Gasteiger partial charge in [0.05, 0.1) is 6.61 Å². The molecule has 0 fully saturated rings. The maximum atomic E-state index is 12.4. The maximum absolute atomic E-state index is 12.4. The second-order valence-electron chi connectivity index (χ2n) is 3.10. The molecule has 1 atom stereocenters. The summed E-state index contributed by atoms with van der Waals surface area (Å²) >= 11 is 0. The Kier molecular flexibility index (Phi) is 7.50. The Bertz CT molecular complexity index is 308. The number of esters is 1. The van der Waals surface area contributed by atoms with Crippen molar-refractivity contribution >= 4 is 18.4 Å². The van der Waals surface area contributed by atoms with Crippen molar-refractivity contribution < 1.29 is 14.0 Å². The fourth-order valence-corrected chi connectivity index (χ4v) is 1.26. The first kappa shape index (κ1) is 14.9. The highest BCUT2D eigenvalue weighted by molar-refractivity contribution is 5.85. The molecule has 1 aromatic rings. The highest BCUT2D eigenvalue weighted by atomic mass is 35.5. The minimum Gasteiger partial charge on any atom is -0.465 e. The van der Waals surface area contributed by atoms with E-state index in [2.05, 4.69) is 0 Å². The second-order valence-corrected chi connectivity index (χ2v) is 3.10. The topological polar surface area (TPSA) is 38.3 Å². The van der Waals surface area contributed by atoms with E-state index in [0.717, 1.165) is 5.56 Å². The second kappa shape index (κ2) is 8.07. The smallest absolute Gasteiger partial charge is 0.326 e. The van der Waals surface area contributed by atoms with Crippen LogP contribution in [0.4, 0.5) is 4.48 Å². The average molecular weight is 248 g/mol. The van der Waals surface area contributed by atoms with Crippen molar-refractivity contribution in [3.05, 3.63) is 35.9 Å². The van der Waals surface area contributed by atoms with Crippen LogP contribution in [0.2, 0.25) is 0 Å². The lowest BCUT2D eigenvalue weighted by atomic mass is 10.1. The zero-order valence-electron chi connectivity index (χ0n) is 8.98. The molecule has 5 heteroatoms. The van der Waals surface area contributed by atoms with Gasteiger partial charge in [-0.05, 0) is 12.5 Å². The fourth-order valence-electron chi connectivity index (χ4n) is 1.26. The van der Waals surface area contributed by atoms with E-state index < -0.39 is 12.0 Å². The first-order valence-corrected chi connectivity index (χ1v) is 4.84. The summed E-state index contributed by atoms with van der Waals surface area (Å²) < 4.78 is 17.1. The third-order valence-electron chi connectivity index (χ3n) is 1.99. The van der Waals surface area contributed by atoms with Gasteiger partial charge in [-0.15, -0.1) is 22.4 Å². The van der Waals surface area contributed by atoms with Crippen LogP contribution in [-0.4, -0.2) is 18.6 Å². The molecule has 3 nitrogen and oxygen atoms in total. The van der Waals surface area contributed by atoms with Crippen LogP contribution >= 0.6 is 12.4 Å². The highest BCUT2D eigenvalue weighted by Crippen LogP contribution is 2.04. The molecule has 0 bridgehead atoms. The first-order valence-electron chi connectivity index (χ1n) is 4.84. The van der Waals surface area contributed by atoms with Crippen LogP contribution in [0, 0.1) is 0 Å². The number of rotatable bonds is 5. The summed E-state index contributed by atoms with van der Waals surface area (Å²) in [6.07, 6.45) is 0.288. The molecular formula is C11H15ClFNO2. The Morgan fingerprint density at radius 1 is 1.44 bits per heavy atom. The van der Waals surface area contributed by atoms with Gasteiger partial charge < -0.3 is 4.74 Å². The molecule has 0 amide bonds. The Balaban J connectivity index is 0.00000225. The quantitative estimate of drug-likeness (QED) is 0.639. The van der Waals surface area contributed by atoms with E-state index in [9.17, 15) is 9.28 Å². The third-order valence-corrected chi connectivity index (χ3v) is 1.99. The molecule has 0 saturated carbocycles. The molecule has 0 saturated heterocycles. The number of halogens is 2. The van der Waals surface area contributed by atoms with Crippen LogP contribution in [0.15, 0.2) is 30.3 Å². The molecule has 1 N–H and O–H groups in total. The van der Waals surface area contributed by atoms with Crippen LogP contribution in [-0.2, 0) is 16.0 Å². The van der Waals surface area contributed by atoms with Crippen LogP contribution < -0.4 is 5.54 Å². The van der Waals surface area contributed by atoms with Crippen LogP contribution in [0.3, 0.4) is 0 Å². The zero-order valence-corrected chi connectivity index (χ0v) is 9.80. The number of ether oxygens (including phenoxy) is 1. The lowest BCUT2D eigenvalue weighted by Crippen LogP contribution is -2.35. The summed E-state index contributed by atoms with van der Waals surface area (Å²) in [5, 5.41) is 0. The van der Waals surface area contributed by atoms with Gasteiger partial charge in [0.1, 0.15) is 6.04 Å². The van der Waals surface area contributed by atoms with E-state index in [-0.39, 0.29) is 25.4 Å². The predicted molar refractivity (Wildman–Crippen MR) is 62.1 cm³/mol. The van der Waals surface area contributed by atoms with Gasteiger partial charge in [0.15, 0.2) is 0 Å². The number of nitrogens with one attached hydrogen (secondary N) is 1. The Morgan fingerprint density at radius 3 is 2.56 bits per heavy atom. The molecule has 16 heavy (non-hydrogen) atoms. The van der Waals surface area contributed by atoms with E-state index >= 15 is 0 Å². The lowest BCUT2D eigenvalue weighted by molar-refractivity contribution is -0.147. The van der Waals surface area contributed by atoms with Crippen molar-refractivity contribution in [2.24, 2.45) is 0 Å². The van der Waals surface area contributed by atoms with E-state index in [4.69, 9.17) is 4.74 Å². The van der Waals surface area contributed by atoms with Crippen LogP contribution in [0.1, 0.15) is 12.5 Å². The van der Waals surface area contributed by atoms with E-state index in [1.165, 1.54) is 5.54 Å². The minimum atomic E-state index is -0.924. The van der Waals surface area contributed by atoms with Gasteiger partial charge in [-0.25, -0.2) is 0 Å². The largest absolute Gasteiger partial charge is 0.465 e. The van der Waals surface area contributed by atoms with Gasteiger partial charge in [-0.1, -0.05) is 30.3 Å². The summed E-state index contributed by atoms with van der Waals surface area (Å²) in [6, 6.07) is 8.30. The van der Waals surface area contributed by atoms with Gasteiger partial charge in [-0.3, -0.25) is 4.79 Å². The summed E-state index contributed by atoms with van der Waals surface area (Å²) in [5.41, 5.74) is 2.35. The van der Waals surface area contributed by atoms with Gasteiger partial charge >= 0.3 is 5.97 Å². The minimum absolute atomic E-state index is 0. The lowest BCUT2D eigenvalue weighted by Gasteiger charge is -2.12. The average Bonchev–Trinajstić information content (AvgIpc) is 2.27. The monoisotopic (exact) mass is 247 g/mol. The molecule has 1 aromatic carbocycles. The standard InChI is InChI=1S/C11H14FNO2.ClH/c1-2-15-11(14)10(13-12)8-9-6-4-3-5-7-9;/h3-7,10,13H,2,8H2,1H3;1H. The van der Waals surface area contributed by atoms with E-state index in [1.54, 1.807) is 6.92 Å². The van der Waals surface area contributed by atoms with Crippen molar-refractivity contribution in [1.29, 1.82) is 0 Å². The number of carbonyl (C=O) groups excluding carboxylic acids is 1. The molecule has 0 spiro atoms. The summed E-state index contributed by atoms with van der Waals surface area (Å²) in [5.74, 6) is -0.566. The maximum Gasteiger partial charge on any atom is 0.326 e. The Labute approximate surface area is 100 Å². The van der Waals surface area contributed by atoms with Crippen molar-refractivity contribution in [1.82, 2.24) is 5.54 Å². The number of hydrogen-bond acceptors (Lipinski definition) is 3. The number of carbonyl (C=O) groups is 1. The first-order chi connectivity index (χ1) is 7.27. The fraction of sp³-hybridized carbons (Fsp3) is 0.364. The van der Waals surface area contributed by atoms with Crippen molar-refractivity contribution in [3.63, 3.8) is 0 Å². The zero-order chi connectivity index (χ0) is 11.1. The summed E-state index contributed by atoms with van der Waals surface area (Å²) in [6.45, 7) is 1.95. The van der Waals surface area contributed by atoms with Gasteiger partial charge in [0.25, 0.3) is 0 Å². The van der Waals surface area contributed by atoms with Gasteiger partial charge in [0.2, 0.25) is 0 Å². The van der Waals surface area contributed by atoms with Gasteiger partial charge in [-0.2, -0.15) is 0 Å². The predicted octanol–water partition coefficient (Wildman–Crippen LogP) is 2.06. The van der Waals surface area contributed by atoms with E-state index in [1.807, 2.05) is 30.3 Å². The molecule has 0 aromatic heterocycles. The Morgan fingerprint density at radius 2 is 2.06 bits per heavy atom. The molecule has 0 aliphatic rings. The third kappa shape index (κ3) is 4.59. The summed E-state index contributed by atoms with van der Waals surface area (Å²) in [4.78, 5) is 11.3. The molecule has 90 valence electrons. The molecule has 1 unspecified atom stereocenters. The molecule has 0 heterocycles. The molecule has 1 rings (SSSR count). The van der Waals surface area contributed by atoms with Crippen molar-refractivity contribution in [3.8, 4) is 0 Å². The van der Waals surface area contributed by atoms with Crippen LogP contribution in [0.25, 0.3) is 0 Å². The van der Waals surface area contributed by atoms with E-state index in [0.29, 0.717) is 0 Å². The molecule has 0 radical (unpaired) electrons. The van der Waals surface area contributed by atoms with Crippen molar-refractivity contribution in [2.45, 2.75) is 19.4 Å². The number of benzene rings is 1. The highest BCUT2D eigenvalue weighted by Gasteiger charge is 2.19. The molecule has 0 aliphatic heterocycles.